The number of piperidine rings is 1. The van der Waals surface area contributed by atoms with Crippen LogP contribution < -0.4 is 9.47 Å². The third-order valence-corrected chi connectivity index (χ3v) is 5.33. The predicted molar refractivity (Wildman–Crippen MR) is 98.8 cm³/mol. The molecule has 0 unspecified atom stereocenters. The molecule has 0 aliphatic carbocycles. The highest BCUT2D eigenvalue weighted by atomic mass is 16.7. The van der Waals surface area contributed by atoms with Crippen molar-refractivity contribution in [1.82, 2.24) is 15.0 Å². The third-order valence-electron chi connectivity index (χ3n) is 5.33. The van der Waals surface area contributed by atoms with E-state index >= 15 is 0 Å². The minimum atomic E-state index is 0.213. The van der Waals surface area contributed by atoms with Gasteiger partial charge in [0.2, 0.25) is 12.7 Å². The minimum absolute atomic E-state index is 0.213. The first-order chi connectivity index (χ1) is 13.1. The number of rotatable bonds is 7. The summed E-state index contributed by atoms with van der Waals surface area (Å²) in [6.07, 6.45) is 4.08. The van der Waals surface area contributed by atoms with Crippen molar-refractivity contribution in [3.8, 4) is 11.5 Å². The maximum Gasteiger partial charge on any atom is 0.240 e. The molecule has 4 rings (SSSR count). The van der Waals surface area contributed by atoms with E-state index in [9.17, 15) is 0 Å². The van der Waals surface area contributed by atoms with E-state index in [-0.39, 0.29) is 5.41 Å². The van der Waals surface area contributed by atoms with Gasteiger partial charge in [0, 0.05) is 20.1 Å². The van der Waals surface area contributed by atoms with Gasteiger partial charge in [-0.3, -0.25) is 4.90 Å². The van der Waals surface area contributed by atoms with Crippen LogP contribution in [0, 0.1) is 5.41 Å². The molecular formula is C20H27N3O4. The summed E-state index contributed by atoms with van der Waals surface area (Å²) in [6, 6.07) is 6.28. The Morgan fingerprint density at radius 1 is 1.26 bits per heavy atom. The van der Waals surface area contributed by atoms with Gasteiger partial charge in [-0.15, -0.1) is 0 Å². The van der Waals surface area contributed by atoms with E-state index in [0.29, 0.717) is 38.1 Å². The van der Waals surface area contributed by atoms with E-state index < -0.39 is 0 Å². The van der Waals surface area contributed by atoms with Crippen LogP contribution in [-0.4, -0.2) is 48.6 Å². The molecule has 2 aliphatic heterocycles. The van der Waals surface area contributed by atoms with Crippen LogP contribution in [0.5, 0.6) is 11.5 Å². The standard InChI is InChI=1S/C20H27N3O4/c1-20(11-15-4-5-16-17(10-15)26-14-25-16)7-3-8-23(13-20)12-19-21-18(22-27-19)6-9-24-2/h4-5,10H,3,6-9,11-14H2,1-2H3/t20-/m1/s1. The van der Waals surface area contributed by atoms with Crippen LogP contribution >= 0.6 is 0 Å². The molecule has 0 radical (unpaired) electrons. The molecule has 1 fully saturated rings. The van der Waals surface area contributed by atoms with Crippen molar-refractivity contribution in [3.05, 3.63) is 35.5 Å². The summed E-state index contributed by atoms with van der Waals surface area (Å²) >= 11 is 0. The van der Waals surface area contributed by atoms with Gasteiger partial charge in [-0.2, -0.15) is 4.98 Å². The van der Waals surface area contributed by atoms with Crippen LogP contribution in [-0.2, 0) is 24.1 Å². The number of ether oxygens (including phenoxy) is 3. The number of fused-ring (bicyclic) bond motifs is 1. The smallest absolute Gasteiger partial charge is 0.240 e. The number of methoxy groups -OCH3 is 1. The van der Waals surface area contributed by atoms with Crippen LogP contribution in [0.15, 0.2) is 22.7 Å². The summed E-state index contributed by atoms with van der Waals surface area (Å²) in [6.45, 7) is 6.07. The first-order valence-electron chi connectivity index (χ1n) is 9.55. The average molecular weight is 373 g/mol. The molecule has 2 aliphatic rings. The molecule has 7 nitrogen and oxygen atoms in total. The molecule has 7 heteroatoms. The maximum atomic E-state index is 5.52. The molecule has 27 heavy (non-hydrogen) atoms. The fraction of sp³-hybridized carbons (Fsp3) is 0.600. The summed E-state index contributed by atoms with van der Waals surface area (Å²) in [7, 11) is 1.68. The molecule has 0 bridgehead atoms. The molecule has 0 saturated carbocycles. The zero-order valence-electron chi connectivity index (χ0n) is 16.1. The zero-order chi connectivity index (χ0) is 18.7. The Balaban J connectivity index is 1.37. The molecule has 1 atom stereocenters. The maximum absolute atomic E-state index is 5.52. The van der Waals surface area contributed by atoms with Crippen LogP contribution in [0.2, 0.25) is 0 Å². The van der Waals surface area contributed by atoms with Crippen molar-refractivity contribution < 1.29 is 18.7 Å². The topological polar surface area (TPSA) is 69.9 Å². The first kappa shape index (κ1) is 18.3. The van der Waals surface area contributed by atoms with E-state index in [1.807, 2.05) is 6.07 Å². The third kappa shape index (κ3) is 4.42. The van der Waals surface area contributed by atoms with Crippen LogP contribution in [0.4, 0.5) is 0 Å². The number of benzene rings is 1. The molecule has 0 N–H and O–H groups in total. The predicted octanol–water partition coefficient (Wildman–Crippen LogP) is 2.83. The van der Waals surface area contributed by atoms with Gasteiger partial charge in [0.25, 0.3) is 0 Å². The van der Waals surface area contributed by atoms with Crippen molar-refractivity contribution in [1.29, 1.82) is 0 Å². The van der Waals surface area contributed by atoms with E-state index in [4.69, 9.17) is 18.7 Å². The molecule has 0 spiro atoms. The Hall–Kier alpha value is -2.12. The molecule has 1 aromatic heterocycles. The highest BCUT2D eigenvalue weighted by Gasteiger charge is 2.32. The van der Waals surface area contributed by atoms with Crippen molar-refractivity contribution in [2.24, 2.45) is 5.41 Å². The lowest BCUT2D eigenvalue weighted by molar-refractivity contribution is 0.0876. The van der Waals surface area contributed by atoms with Gasteiger partial charge < -0.3 is 18.7 Å². The van der Waals surface area contributed by atoms with Gasteiger partial charge in [-0.1, -0.05) is 18.1 Å². The largest absolute Gasteiger partial charge is 0.454 e. The quantitative estimate of drug-likeness (QED) is 0.739. The van der Waals surface area contributed by atoms with Gasteiger partial charge >= 0.3 is 0 Å². The van der Waals surface area contributed by atoms with Crippen molar-refractivity contribution >= 4 is 0 Å². The van der Waals surface area contributed by atoms with E-state index in [2.05, 4.69) is 34.1 Å². The Bertz CT molecular complexity index is 778. The Labute approximate surface area is 159 Å². The number of hydrogen-bond donors (Lipinski definition) is 0. The monoisotopic (exact) mass is 373 g/mol. The molecule has 1 saturated heterocycles. The summed E-state index contributed by atoms with van der Waals surface area (Å²) in [4.78, 5) is 6.90. The number of aromatic nitrogens is 2. The van der Waals surface area contributed by atoms with Crippen molar-refractivity contribution in [3.63, 3.8) is 0 Å². The van der Waals surface area contributed by atoms with Gasteiger partial charge in [-0.05, 0) is 48.9 Å². The normalized spacial score (nSPS) is 22.3. The van der Waals surface area contributed by atoms with E-state index in [1.54, 1.807) is 7.11 Å². The zero-order valence-corrected chi connectivity index (χ0v) is 16.1. The average Bonchev–Trinajstić information content (AvgIpc) is 3.28. The molecule has 3 heterocycles. The van der Waals surface area contributed by atoms with Crippen LogP contribution in [0.3, 0.4) is 0 Å². The van der Waals surface area contributed by atoms with Gasteiger partial charge in [0.15, 0.2) is 17.3 Å². The minimum Gasteiger partial charge on any atom is -0.454 e. The first-order valence-corrected chi connectivity index (χ1v) is 9.55. The van der Waals surface area contributed by atoms with Crippen LogP contribution in [0.1, 0.15) is 37.0 Å². The highest BCUT2D eigenvalue weighted by Crippen LogP contribution is 2.37. The van der Waals surface area contributed by atoms with Crippen molar-refractivity contribution in [2.75, 3.05) is 33.6 Å². The summed E-state index contributed by atoms with van der Waals surface area (Å²) in [5, 5.41) is 4.04. The van der Waals surface area contributed by atoms with Crippen molar-refractivity contribution in [2.45, 2.75) is 39.2 Å². The SMILES string of the molecule is COCCc1noc(CN2CCC[C@](C)(Cc3ccc4c(c3)OCO4)C2)n1. The van der Waals surface area contributed by atoms with Gasteiger partial charge in [0.1, 0.15) is 0 Å². The highest BCUT2D eigenvalue weighted by molar-refractivity contribution is 5.44. The second-order valence-electron chi connectivity index (χ2n) is 7.84. The number of nitrogens with zero attached hydrogens (tertiary/aromatic N) is 3. The van der Waals surface area contributed by atoms with E-state index in [1.165, 1.54) is 18.4 Å². The van der Waals surface area contributed by atoms with Gasteiger partial charge in [-0.25, -0.2) is 0 Å². The Kier molecular flexibility index (Phi) is 5.31. The van der Waals surface area contributed by atoms with Gasteiger partial charge in [0.05, 0.1) is 13.2 Å². The molecule has 2 aromatic rings. The second-order valence-corrected chi connectivity index (χ2v) is 7.84. The summed E-state index contributed by atoms with van der Waals surface area (Å²) in [5.74, 6) is 3.11. The Morgan fingerprint density at radius 2 is 2.15 bits per heavy atom. The molecular weight excluding hydrogens is 346 g/mol. The molecule has 1 aromatic carbocycles. The number of hydrogen-bond acceptors (Lipinski definition) is 7. The lowest BCUT2D eigenvalue weighted by Crippen LogP contribution is -2.42. The summed E-state index contributed by atoms with van der Waals surface area (Å²) < 4.78 is 21.4. The second kappa shape index (κ2) is 7.86. The fourth-order valence-corrected chi connectivity index (χ4v) is 4.09. The molecule has 146 valence electrons. The van der Waals surface area contributed by atoms with E-state index in [0.717, 1.165) is 31.0 Å². The lowest BCUT2D eigenvalue weighted by atomic mass is 9.77. The number of likely N-dealkylation sites (tertiary alicyclic amines) is 1. The summed E-state index contributed by atoms with van der Waals surface area (Å²) in [5.41, 5.74) is 1.51. The Morgan fingerprint density at radius 3 is 3.04 bits per heavy atom. The van der Waals surface area contributed by atoms with Crippen LogP contribution in [0.25, 0.3) is 0 Å². The lowest BCUT2D eigenvalue weighted by Gasteiger charge is -2.40. The fourth-order valence-electron chi connectivity index (χ4n) is 4.09. The molecule has 0 amide bonds.